The van der Waals surface area contributed by atoms with Gasteiger partial charge in [-0.25, -0.2) is 8.42 Å². The van der Waals surface area contributed by atoms with Crippen LogP contribution in [0.15, 0.2) is 117 Å². The Labute approximate surface area is 279 Å². The smallest absolute Gasteiger partial charge is 0.264 e. The van der Waals surface area contributed by atoms with Crippen molar-refractivity contribution < 1.29 is 18.0 Å². The van der Waals surface area contributed by atoms with Crippen molar-refractivity contribution in [2.75, 3.05) is 17.1 Å². The van der Waals surface area contributed by atoms with E-state index in [0.29, 0.717) is 5.69 Å². The van der Waals surface area contributed by atoms with Crippen molar-refractivity contribution in [3.63, 3.8) is 0 Å². The zero-order chi connectivity index (χ0) is 32.6. The van der Waals surface area contributed by atoms with Crippen LogP contribution in [0.5, 0.6) is 0 Å². The molecule has 236 valence electrons. The second-order valence-corrected chi connectivity index (χ2v) is 14.7. The lowest BCUT2D eigenvalue weighted by atomic mass is 10.0. The summed E-state index contributed by atoms with van der Waals surface area (Å²) < 4.78 is 30.4. The largest absolute Gasteiger partial charge is 0.352 e. The lowest BCUT2D eigenvalue weighted by molar-refractivity contribution is -0.140. The summed E-state index contributed by atoms with van der Waals surface area (Å²) in [6, 6.07) is 29.6. The van der Waals surface area contributed by atoms with E-state index < -0.39 is 28.5 Å². The molecule has 2 amide bonds. The molecule has 7 nitrogen and oxygen atoms in total. The number of anilines is 1. The van der Waals surface area contributed by atoms with E-state index in [1.165, 1.54) is 16.7 Å². The minimum absolute atomic E-state index is 0.0755. The first kappa shape index (κ1) is 34.3. The Morgan fingerprint density at radius 2 is 1.47 bits per heavy atom. The van der Waals surface area contributed by atoms with Crippen molar-refractivity contribution in [3.05, 3.63) is 124 Å². The number of hydrogen-bond donors (Lipinski definition) is 1. The second kappa shape index (κ2) is 15.6. The summed E-state index contributed by atoms with van der Waals surface area (Å²) in [5.41, 5.74) is 3.00. The van der Waals surface area contributed by atoms with Gasteiger partial charge in [0.2, 0.25) is 11.8 Å². The molecule has 10 heteroatoms. The molecule has 0 saturated heterocycles. The number of halogens is 1. The first-order valence-corrected chi connectivity index (χ1v) is 18.1. The van der Waals surface area contributed by atoms with E-state index in [4.69, 9.17) is 0 Å². The van der Waals surface area contributed by atoms with E-state index in [2.05, 4.69) is 21.2 Å². The van der Waals surface area contributed by atoms with Gasteiger partial charge in [0.05, 0.1) is 10.6 Å². The van der Waals surface area contributed by atoms with Crippen molar-refractivity contribution in [3.8, 4) is 0 Å². The number of rotatable bonds is 13. The van der Waals surface area contributed by atoms with Gasteiger partial charge < -0.3 is 10.2 Å². The zero-order valence-corrected chi connectivity index (χ0v) is 29.0. The Morgan fingerprint density at radius 3 is 2.04 bits per heavy atom. The minimum atomic E-state index is -4.15. The van der Waals surface area contributed by atoms with Crippen molar-refractivity contribution in [1.82, 2.24) is 10.2 Å². The van der Waals surface area contributed by atoms with Crippen molar-refractivity contribution in [2.45, 2.75) is 55.6 Å². The van der Waals surface area contributed by atoms with Crippen LogP contribution >= 0.6 is 27.7 Å². The molecule has 4 aromatic carbocycles. The predicted molar refractivity (Wildman–Crippen MR) is 186 cm³/mol. The molecule has 4 rings (SSSR count). The maximum Gasteiger partial charge on any atom is 0.264 e. The monoisotopic (exact) mass is 707 g/mol. The van der Waals surface area contributed by atoms with E-state index in [1.807, 2.05) is 93.8 Å². The summed E-state index contributed by atoms with van der Waals surface area (Å²) >= 11 is 4.97. The highest BCUT2D eigenvalue weighted by molar-refractivity contribution is 9.10. The summed E-state index contributed by atoms with van der Waals surface area (Å²) in [5.74, 6) is -0.806. The number of nitrogens with one attached hydrogen (secondary N) is 1. The fourth-order valence-corrected chi connectivity index (χ4v) is 6.92. The lowest BCUT2D eigenvalue weighted by Gasteiger charge is -2.34. The summed E-state index contributed by atoms with van der Waals surface area (Å²) in [7, 11) is -4.15. The van der Waals surface area contributed by atoms with Gasteiger partial charge in [0.1, 0.15) is 12.6 Å². The molecule has 0 fully saturated rings. The van der Waals surface area contributed by atoms with Gasteiger partial charge in [-0.3, -0.25) is 13.9 Å². The van der Waals surface area contributed by atoms with Crippen LogP contribution in [-0.2, 0) is 32.6 Å². The Morgan fingerprint density at radius 1 is 0.844 bits per heavy atom. The van der Waals surface area contributed by atoms with Crippen LogP contribution in [0.1, 0.15) is 30.5 Å². The van der Waals surface area contributed by atoms with Gasteiger partial charge in [-0.15, -0.1) is 11.8 Å². The highest BCUT2D eigenvalue weighted by Gasteiger charge is 2.34. The number of carbonyl (C=O) groups is 2. The number of carbonyl (C=O) groups excluding carboxylic acids is 2. The number of hydrogen-bond acceptors (Lipinski definition) is 5. The average molecular weight is 709 g/mol. The molecule has 0 aliphatic rings. The lowest BCUT2D eigenvalue weighted by Crippen LogP contribution is -2.54. The topological polar surface area (TPSA) is 86.8 Å². The summed E-state index contributed by atoms with van der Waals surface area (Å²) in [6.07, 6.45) is 2.18. The molecule has 0 unspecified atom stereocenters. The summed E-state index contributed by atoms with van der Waals surface area (Å²) in [6.45, 7) is 5.26. The van der Waals surface area contributed by atoms with E-state index in [9.17, 15) is 18.0 Å². The highest BCUT2D eigenvalue weighted by atomic mass is 79.9. The van der Waals surface area contributed by atoms with Crippen molar-refractivity contribution in [1.29, 1.82) is 0 Å². The molecular weight excluding hydrogens is 670 g/mol. The SMILES string of the molecule is CSc1ccc(S(=O)(=O)N(CC(=O)N(Cc2ccc(Br)cc2)[C@H](Cc2ccccc2)C(=O)NC(C)C)c2ccc(C)cc2)cc1. The van der Waals surface area contributed by atoms with E-state index in [1.54, 1.807) is 36.4 Å². The molecule has 0 aromatic heterocycles. The van der Waals surface area contributed by atoms with Gasteiger partial charge in [-0.2, -0.15) is 0 Å². The van der Waals surface area contributed by atoms with Crippen molar-refractivity contribution in [2.24, 2.45) is 0 Å². The van der Waals surface area contributed by atoms with Crippen molar-refractivity contribution >= 4 is 55.2 Å². The van der Waals surface area contributed by atoms with Crippen LogP contribution in [0.25, 0.3) is 0 Å². The quantitative estimate of drug-likeness (QED) is 0.154. The third-order valence-corrected chi connectivity index (χ3v) is 10.3. The molecule has 1 N–H and O–H groups in total. The molecule has 0 saturated carbocycles. The van der Waals surface area contributed by atoms with Gasteiger partial charge in [-0.1, -0.05) is 76.1 Å². The molecule has 45 heavy (non-hydrogen) atoms. The standard InChI is InChI=1S/C35H38BrN3O4S2/c1-25(2)37-35(41)33(22-27-8-6-5-7-9-27)38(23-28-12-14-29(36)15-13-28)34(40)24-39(30-16-10-26(3)11-17-30)45(42,43)32-20-18-31(44-4)19-21-32/h5-21,25,33H,22-24H2,1-4H3,(H,37,41)/t33-/m1/s1. The summed E-state index contributed by atoms with van der Waals surface area (Å²) in [4.78, 5) is 30.8. The van der Waals surface area contributed by atoms with Gasteiger partial charge in [0.15, 0.2) is 0 Å². The fourth-order valence-electron chi connectivity index (χ4n) is 4.84. The van der Waals surface area contributed by atoms with Gasteiger partial charge in [0.25, 0.3) is 10.0 Å². The van der Waals surface area contributed by atoms with Crippen LogP contribution in [0.4, 0.5) is 5.69 Å². The zero-order valence-electron chi connectivity index (χ0n) is 25.8. The Bertz CT molecular complexity index is 1680. The normalized spacial score (nSPS) is 12.0. The van der Waals surface area contributed by atoms with Gasteiger partial charge in [-0.05, 0) is 86.7 Å². The Hall–Kier alpha value is -3.60. The number of benzene rings is 4. The molecule has 0 bridgehead atoms. The molecule has 4 aromatic rings. The molecular formula is C35H38BrN3O4S2. The molecule has 0 spiro atoms. The maximum atomic E-state index is 14.5. The van der Waals surface area contributed by atoms with Crippen LogP contribution in [0, 0.1) is 6.92 Å². The second-order valence-electron chi connectivity index (χ2n) is 11.0. The number of amides is 2. The molecule has 0 radical (unpaired) electrons. The maximum absolute atomic E-state index is 14.5. The number of aryl methyl sites for hydroxylation is 1. The van der Waals surface area contributed by atoms with Crippen LogP contribution in [-0.4, -0.2) is 50.0 Å². The van der Waals surface area contributed by atoms with Gasteiger partial charge in [0, 0.05) is 28.4 Å². The van der Waals surface area contributed by atoms with Crippen LogP contribution in [0.3, 0.4) is 0 Å². The first-order valence-electron chi connectivity index (χ1n) is 14.6. The van der Waals surface area contributed by atoms with E-state index in [-0.39, 0.29) is 29.8 Å². The van der Waals surface area contributed by atoms with Crippen LogP contribution < -0.4 is 9.62 Å². The number of nitrogens with zero attached hydrogens (tertiary/aromatic N) is 2. The Kier molecular flexibility index (Phi) is 11.9. The first-order chi connectivity index (χ1) is 21.5. The number of thioether (sulfide) groups is 1. The average Bonchev–Trinajstić information content (AvgIpc) is 3.03. The predicted octanol–water partition coefficient (Wildman–Crippen LogP) is 6.84. The van der Waals surface area contributed by atoms with Gasteiger partial charge >= 0.3 is 0 Å². The number of sulfonamides is 1. The van der Waals surface area contributed by atoms with E-state index >= 15 is 0 Å². The Balaban J connectivity index is 1.79. The summed E-state index contributed by atoms with van der Waals surface area (Å²) in [5, 5.41) is 2.98. The highest BCUT2D eigenvalue weighted by Crippen LogP contribution is 2.27. The molecule has 0 aliphatic carbocycles. The fraction of sp³-hybridized carbons (Fsp3) is 0.257. The molecule has 0 aliphatic heterocycles. The minimum Gasteiger partial charge on any atom is -0.352 e. The van der Waals surface area contributed by atoms with E-state index in [0.717, 1.165) is 30.4 Å². The third-order valence-electron chi connectivity index (χ3n) is 7.22. The molecule has 0 heterocycles. The van der Waals surface area contributed by atoms with Crippen LogP contribution in [0.2, 0.25) is 0 Å². The molecule has 1 atom stereocenters. The third kappa shape index (κ3) is 9.22.